The van der Waals surface area contributed by atoms with Crippen LogP contribution >= 0.6 is 0 Å². The van der Waals surface area contributed by atoms with Gasteiger partial charge in [0.05, 0.1) is 12.2 Å². The van der Waals surface area contributed by atoms with Crippen molar-refractivity contribution in [3.05, 3.63) is 29.8 Å². The van der Waals surface area contributed by atoms with Crippen LogP contribution in [-0.2, 0) is 14.4 Å². The van der Waals surface area contributed by atoms with Crippen molar-refractivity contribution in [3.63, 3.8) is 0 Å². The van der Waals surface area contributed by atoms with Crippen LogP contribution in [0.1, 0.15) is 88.9 Å². The summed E-state index contributed by atoms with van der Waals surface area (Å²) in [5.74, 6) is -1.42. The van der Waals surface area contributed by atoms with E-state index in [0.29, 0.717) is 31.2 Å². The SMILES string of the molecule is CCCCNC(=O)CCC(NC(=O)CCC(CC)C(CC)CCOc1ccc(C(=O)O)cc1)C(=O)O. The van der Waals surface area contributed by atoms with Crippen LogP contribution in [0.2, 0.25) is 0 Å². The topological polar surface area (TPSA) is 142 Å². The molecule has 0 saturated carbocycles. The minimum absolute atomic E-state index is 0.0511. The van der Waals surface area contributed by atoms with E-state index in [1.807, 2.05) is 6.92 Å². The molecule has 0 radical (unpaired) electrons. The normalized spacial score (nSPS) is 13.3. The van der Waals surface area contributed by atoms with Crippen LogP contribution in [0.4, 0.5) is 0 Å². The maximum atomic E-state index is 12.5. The minimum atomic E-state index is -1.14. The highest BCUT2D eigenvalue weighted by atomic mass is 16.5. The first-order chi connectivity index (χ1) is 17.2. The fourth-order valence-electron chi connectivity index (χ4n) is 4.18. The summed E-state index contributed by atoms with van der Waals surface area (Å²) < 4.78 is 5.78. The Hall–Kier alpha value is -3.10. The van der Waals surface area contributed by atoms with E-state index in [9.17, 15) is 24.3 Å². The average molecular weight is 507 g/mol. The van der Waals surface area contributed by atoms with Gasteiger partial charge in [0.25, 0.3) is 0 Å². The molecule has 0 aliphatic heterocycles. The Morgan fingerprint density at radius 3 is 2.03 bits per heavy atom. The number of carbonyl (C=O) groups is 4. The van der Waals surface area contributed by atoms with Gasteiger partial charge >= 0.3 is 11.9 Å². The maximum absolute atomic E-state index is 12.5. The summed E-state index contributed by atoms with van der Waals surface area (Å²) in [4.78, 5) is 46.8. The van der Waals surface area contributed by atoms with Gasteiger partial charge in [-0.2, -0.15) is 0 Å². The predicted octanol–water partition coefficient (Wildman–Crippen LogP) is 4.25. The molecular weight excluding hydrogens is 464 g/mol. The van der Waals surface area contributed by atoms with E-state index >= 15 is 0 Å². The summed E-state index contributed by atoms with van der Waals surface area (Å²) in [6.07, 6.45) is 5.40. The van der Waals surface area contributed by atoms with Gasteiger partial charge in [-0.3, -0.25) is 9.59 Å². The summed E-state index contributed by atoms with van der Waals surface area (Å²) in [5.41, 5.74) is 0.207. The van der Waals surface area contributed by atoms with Crippen molar-refractivity contribution in [2.75, 3.05) is 13.2 Å². The van der Waals surface area contributed by atoms with Gasteiger partial charge in [-0.25, -0.2) is 9.59 Å². The van der Waals surface area contributed by atoms with Crippen molar-refractivity contribution in [1.29, 1.82) is 0 Å². The van der Waals surface area contributed by atoms with E-state index < -0.39 is 18.0 Å². The molecule has 202 valence electrons. The zero-order valence-corrected chi connectivity index (χ0v) is 21.8. The number of aromatic carboxylic acids is 1. The third-order valence-corrected chi connectivity index (χ3v) is 6.46. The summed E-state index contributed by atoms with van der Waals surface area (Å²) in [6.45, 7) is 7.24. The van der Waals surface area contributed by atoms with Gasteiger partial charge in [0.1, 0.15) is 11.8 Å². The molecule has 9 nitrogen and oxygen atoms in total. The Labute approximate surface area is 214 Å². The van der Waals surface area contributed by atoms with E-state index in [-0.39, 0.29) is 42.6 Å². The van der Waals surface area contributed by atoms with Crippen LogP contribution in [0.3, 0.4) is 0 Å². The first-order valence-electron chi connectivity index (χ1n) is 13.0. The fraction of sp³-hybridized carbons (Fsp3) is 0.630. The highest BCUT2D eigenvalue weighted by Crippen LogP contribution is 2.27. The Bertz CT molecular complexity index is 826. The van der Waals surface area contributed by atoms with Crippen molar-refractivity contribution < 1.29 is 34.1 Å². The molecule has 0 heterocycles. The predicted molar refractivity (Wildman–Crippen MR) is 137 cm³/mol. The second-order valence-corrected chi connectivity index (χ2v) is 9.04. The standard InChI is InChI=1S/C27H42N2O7/c1-4-7-17-28-24(30)15-13-23(27(34)35)29-25(31)14-10-19(5-2)20(6-3)16-18-36-22-11-8-21(9-12-22)26(32)33/h8-9,11-12,19-20,23H,4-7,10,13-18H2,1-3H3,(H,28,30)(H,29,31)(H,32,33)(H,34,35). The summed E-state index contributed by atoms with van der Waals surface area (Å²) in [7, 11) is 0. The molecule has 2 amide bonds. The lowest BCUT2D eigenvalue weighted by atomic mass is 9.82. The van der Waals surface area contributed by atoms with E-state index in [2.05, 4.69) is 24.5 Å². The molecule has 0 saturated heterocycles. The first kappa shape index (κ1) is 30.9. The largest absolute Gasteiger partial charge is 0.494 e. The number of nitrogens with one attached hydrogen (secondary N) is 2. The van der Waals surface area contributed by atoms with Crippen LogP contribution in [0.15, 0.2) is 24.3 Å². The maximum Gasteiger partial charge on any atom is 0.335 e. The van der Waals surface area contributed by atoms with Crippen LogP contribution in [0.5, 0.6) is 5.75 Å². The van der Waals surface area contributed by atoms with Crippen molar-refractivity contribution in [3.8, 4) is 5.75 Å². The van der Waals surface area contributed by atoms with Crippen molar-refractivity contribution >= 4 is 23.8 Å². The highest BCUT2D eigenvalue weighted by molar-refractivity contribution is 5.87. The number of hydrogen-bond donors (Lipinski definition) is 4. The van der Waals surface area contributed by atoms with Crippen molar-refractivity contribution in [2.24, 2.45) is 11.8 Å². The molecule has 1 aromatic rings. The number of hydrogen-bond acceptors (Lipinski definition) is 5. The molecule has 0 aliphatic carbocycles. The molecule has 0 fully saturated rings. The minimum Gasteiger partial charge on any atom is -0.494 e. The molecule has 3 atom stereocenters. The molecule has 0 aliphatic rings. The molecule has 9 heteroatoms. The van der Waals surface area contributed by atoms with E-state index in [4.69, 9.17) is 9.84 Å². The molecule has 0 bridgehead atoms. The smallest absolute Gasteiger partial charge is 0.335 e. The monoisotopic (exact) mass is 506 g/mol. The number of unbranched alkanes of at least 4 members (excludes halogenated alkanes) is 1. The van der Waals surface area contributed by atoms with Gasteiger partial charge in [0.15, 0.2) is 0 Å². The van der Waals surface area contributed by atoms with E-state index in [1.54, 1.807) is 12.1 Å². The van der Waals surface area contributed by atoms with E-state index in [0.717, 1.165) is 32.1 Å². The fourth-order valence-corrected chi connectivity index (χ4v) is 4.18. The number of carbonyl (C=O) groups excluding carboxylic acids is 2. The van der Waals surface area contributed by atoms with Gasteiger partial charge in [-0.05, 0) is 61.8 Å². The van der Waals surface area contributed by atoms with E-state index in [1.165, 1.54) is 12.1 Å². The number of carboxylic acid groups (broad SMARTS) is 2. The van der Waals surface area contributed by atoms with Gasteiger partial charge < -0.3 is 25.6 Å². The molecule has 1 aromatic carbocycles. The summed E-state index contributed by atoms with van der Waals surface area (Å²) in [6, 6.07) is 5.20. The second-order valence-electron chi connectivity index (χ2n) is 9.04. The van der Waals surface area contributed by atoms with Crippen LogP contribution in [0, 0.1) is 11.8 Å². The van der Waals surface area contributed by atoms with Gasteiger partial charge in [-0.15, -0.1) is 0 Å². The Morgan fingerprint density at radius 2 is 1.47 bits per heavy atom. The molecule has 1 rings (SSSR count). The van der Waals surface area contributed by atoms with Crippen LogP contribution < -0.4 is 15.4 Å². The molecule has 0 aromatic heterocycles. The van der Waals surface area contributed by atoms with Crippen LogP contribution in [0.25, 0.3) is 0 Å². The Morgan fingerprint density at radius 1 is 0.861 bits per heavy atom. The number of rotatable bonds is 19. The first-order valence-corrected chi connectivity index (χ1v) is 13.0. The van der Waals surface area contributed by atoms with Gasteiger partial charge in [-0.1, -0.05) is 40.0 Å². The molecule has 36 heavy (non-hydrogen) atoms. The lowest BCUT2D eigenvalue weighted by Crippen LogP contribution is -2.41. The van der Waals surface area contributed by atoms with Crippen molar-refractivity contribution in [2.45, 2.75) is 84.6 Å². The summed E-state index contributed by atoms with van der Waals surface area (Å²) >= 11 is 0. The van der Waals surface area contributed by atoms with Crippen LogP contribution in [-0.4, -0.2) is 53.2 Å². The Balaban J connectivity index is 2.48. The zero-order chi connectivity index (χ0) is 26.9. The lowest BCUT2D eigenvalue weighted by Gasteiger charge is -2.25. The molecule has 4 N–H and O–H groups in total. The Kier molecular flexibility index (Phi) is 14.9. The molecule has 0 spiro atoms. The molecule has 3 unspecified atom stereocenters. The molecular formula is C27H42N2O7. The number of benzene rings is 1. The zero-order valence-electron chi connectivity index (χ0n) is 21.8. The number of ether oxygens (including phenoxy) is 1. The third-order valence-electron chi connectivity index (χ3n) is 6.46. The van der Waals surface area contributed by atoms with Crippen molar-refractivity contribution in [1.82, 2.24) is 10.6 Å². The number of aliphatic carboxylic acids is 1. The lowest BCUT2D eigenvalue weighted by molar-refractivity contribution is -0.142. The number of carboxylic acids is 2. The third kappa shape index (κ3) is 12.0. The summed E-state index contributed by atoms with van der Waals surface area (Å²) in [5, 5.41) is 23.7. The average Bonchev–Trinajstić information content (AvgIpc) is 2.85. The van der Waals surface area contributed by atoms with Gasteiger partial charge in [0.2, 0.25) is 11.8 Å². The quantitative estimate of drug-likeness (QED) is 0.205. The highest BCUT2D eigenvalue weighted by Gasteiger charge is 2.23. The second kappa shape index (κ2) is 17.3. The van der Waals surface area contributed by atoms with Gasteiger partial charge in [0, 0.05) is 19.4 Å². The number of amides is 2.